The van der Waals surface area contributed by atoms with Gasteiger partial charge in [0.2, 0.25) is 0 Å². The van der Waals surface area contributed by atoms with Gasteiger partial charge in [0.25, 0.3) is 15.9 Å². The van der Waals surface area contributed by atoms with E-state index in [0.29, 0.717) is 16.5 Å². The third-order valence-electron chi connectivity index (χ3n) is 3.33. The van der Waals surface area contributed by atoms with Crippen LogP contribution in [0.5, 0.6) is 0 Å². The Balaban J connectivity index is 1.96. The van der Waals surface area contributed by atoms with Crippen LogP contribution < -0.4 is 0 Å². The molecule has 2 aromatic rings. The van der Waals surface area contributed by atoms with E-state index in [9.17, 15) is 13.2 Å². The van der Waals surface area contributed by atoms with Crippen LogP contribution in [0, 0.1) is 0 Å². The second-order valence-corrected chi connectivity index (χ2v) is 9.01. The molecule has 1 amide bonds. The Kier molecular flexibility index (Phi) is 5.33. The monoisotopic (exact) mass is 412 g/mol. The number of rotatable bonds is 4. The molecule has 3 rings (SSSR count). The minimum Gasteiger partial charge on any atom is -0.286 e. The number of hydrogen-bond donors (Lipinski definition) is 0. The van der Waals surface area contributed by atoms with Gasteiger partial charge in [0, 0.05) is 16.4 Å². The van der Waals surface area contributed by atoms with Crippen molar-refractivity contribution >= 4 is 61.9 Å². The molecule has 0 N–H and O–H groups in total. The second-order valence-electron chi connectivity index (χ2n) is 4.98. The van der Waals surface area contributed by atoms with Crippen molar-refractivity contribution in [1.29, 1.82) is 0 Å². The van der Waals surface area contributed by atoms with E-state index in [1.165, 1.54) is 40.5 Å². The number of nitrogens with zero attached hydrogens (tertiary/aromatic N) is 2. The summed E-state index contributed by atoms with van der Waals surface area (Å²) in [5.74, 6) is -0.244. The minimum atomic E-state index is -3.92. The van der Waals surface area contributed by atoms with E-state index in [0.717, 1.165) is 16.6 Å². The standard InChI is InChI=1S/C16H13ClN2O3S3/c1-2-19-15(20)14(10-12-4-3-9-23-12)24-16(19)18-25(21,22)13-7-5-11(17)6-8-13/h3-10H,2H2,1H3. The highest BCUT2D eigenvalue weighted by Gasteiger charge is 2.34. The molecule has 1 aromatic carbocycles. The number of carbonyl (C=O) groups is 1. The van der Waals surface area contributed by atoms with Gasteiger partial charge in [-0.1, -0.05) is 17.7 Å². The lowest BCUT2D eigenvalue weighted by Crippen LogP contribution is -2.29. The normalized spacial score (nSPS) is 18.5. The molecule has 0 unspecified atom stereocenters. The topological polar surface area (TPSA) is 66.8 Å². The van der Waals surface area contributed by atoms with E-state index in [4.69, 9.17) is 11.6 Å². The van der Waals surface area contributed by atoms with Gasteiger partial charge < -0.3 is 0 Å². The van der Waals surface area contributed by atoms with Crippen LogP contribution in [0.2, 0.25) is 5.02 Å². The highest BCUT2D eigenvalue weighted by molar-refractivity contribution is 8.19. The summed E-state index contributed by atoms with van der Waals surface area (Å²) in [6.07, 6.45) is 1.75. The highest BCUT2D eigenvalue weighted by Crippen LogP contribution is 2.34. The number of amidine groups is 1. The number of sulfonamides is 1. The number of thioether (sulfide) groups is 1. The summed E-state index contributed by atoms with van der Waals surface area (Å²) in [6.45, 7) is 2.11. The summed E-state index contributed by atoms with van der Waals surface area (Å²) in [7, 11) is -3.92. The van der Waals surface area contributed by atoms with Crippen molar-refractivity contribution in [1.82, 2.24) is 4.90 Å². The predicted molar refractivity (Wildman–Crippen MR) is 103 cm³/mol. The minimum absolute atomic E-state index is 0.0317. The zero-order valence-corrected chi connectivity index (χ0v) is 16.3. The summed E-state index contributed by atoms with van der Waals surface area (Å²) >= 11 is 8.35. The average molecular weight is 413 g/mol. The first-order valence-electron chi connectivity index (χ1n) is 7.26. The number of likely N-dealkylation sites (N-methyl/N-ethyl adjacent to an activating group) is 1. The maximum absolute atomic E-state index is 12.5. The molecule has 1 fully saturated rings. The Hall–Kier alpha value is -1.61. The lowest BCUT2D eigenvalue weighted by Gasteiger charge is -2.11. The number of amides is 1. The SMILES string of the molecule is CCN1C(=O)C(=Cc2cccs2)SC1=NS(=O)(=O)c1ccc(Cl)cc1. The van der Waals surface area contributed by atoms with E-state index in [1.54, 1.807) is 13.0 Å². The molecule has 5 nitrogen and oxygen atoms in total. The van der Waals surface area contributed by atoms with E-state index in [2.05, 4.69) is 4.40 Å². The maximum atomic E-state index is 12.5. The van der Waals surface area contributed by atoms with Gasteiger partial charge in [-0.25, -0.2) is 0 Å². The van der Waals surface area contributed by atoms with Crippen LogP contribution in [-0.4, -0.2) is 30.9 Å². The quantitative estimate of drug-likeness (QED) is 0.709. The third kappa shape index (κ3) is 3.98. The molecule has 0 radical (unpaired) electrons. The van der Waals surface area contributed by atoms with Crippen molar-refractivity contribution in [3.8, 4) is 0 Å². The molecular formula is C16H13ClN2O3S3. The van der Waals surface area contributed by atoms with Crippen molar-refractivity contribution in [2.45, 2.75) is 11.8 Å². The molecule has 0 aliphatic carbocycles. The number of hydrogen-bond acceptors (Lipinski definition) is 5. The number of halogens is 1. The summed E-state index contributed by atoms with van der Waals surface area (Å²) in [5.41, 5.74) is 0. The Morgan fingerprint density at radius 1 is 1.24 bits per heavy atom. The van der Waals surface area contributed by atoms with Crippen molar-refractivity contribution in [2.24, 2.45) is 4.40 Å². The van der Waals surface area contributed by atoms with Crippen molar-refractivity contribution < 1.29 is 13.2 Å². The van der Waals surface area contributed by atoms with Gasteiger partial charge in [-0.05, 0) is 60.5 Å². The maximum Gasteiger partial charge on any atom is 0.284 e. The van der Waals surface area contributed by atoms with Crippen molar-refractivity contribution in [3.05, 3.63) is 56.6 Å². The van der Waals surface area contributed by atoms with Gasteiger partial charge in [-0.15, -0.1) is 15.7 Å². The molecule has 1 saturated heterocycles. The largest absolute Gasteiger partial charge is 0.286 e. The molecule has 0 saturated carbocycles. The summed E-state index contributed by atoms with van der Waals surface area (Å²) in [6, 6.07) is 9.53. The summed E-state index contributed by atoms with van der Waals surface area (Å²) in [5, 5.41) is 2.51. The molecule has 0 spiro atoms. The summed E-state index contributed by atoms with van der Waals surface area (Å²) < 4.78 is 28.9. The predicted octanol–water partition coefficient (Wildman–Crippen LogP) is 4.08. The zero-order valence-electron chi connectivity index (χ0n) is 13.0. The fraction of sp³-hybridized carbons (Fsp3) is 0.125. The molecule has 0 bridgehead atoms. The molecule has 1 aliphatic heterocycles. The van der Waals surface area contributed by atoms with Crippen LogP contribution in [0.4, 0.5) is 0 Å². The van der Waals surface area contributed by atoms with E-state index < -0.39 is 10.0 Å². The Morgan fingerprint density at radius 3 is 2.56 bits per heavy atom. The van der Waals surface area contributed by atoms with Crippen LogP contribution in [-0.2, 0) is 14.8 Å². The molecular weight excluding hydrogens is 400 g/mol. The number of thiophene rings is 1. The first-order valence-corrected chi connectivity index (χ1v) is 10.8. The van der Waals surface area contributed by atoms with Crippen molar-refractivity contribution in [2.75, 3.05) is 6.54 Å². The first-order chi connectivity index (χ1) is 11.9. The first kappa shape index (κ1) is 18.2. The third-order valence-corrected chi connectivity index (χ3v) is 6.81. The Bertz CT molecular complexity index is 949. The van der Waals surface area contributed by atoms with Gasteiger partial charge in [-0.3, -0.25) is 9.69 Å². The van der Waals surface area contributed by atoms with Crippen LogP contribution >= 0.6 is 34.7 Å². The van der Waals surface area contributed by atoms with Crippen LogP contribution in [0.15, 0.2) is 56.0 Å². The van der Waals surface area contributed by atoms with Gasteiger partial charge in [0.05, 0.1) is 9.80 Å². The molecule has 9 heteroatoms. The van der Waals surface area contributed by atoms with Gasteiger partial charge in [-0.2, -0.15) is 8.42 Å². The second kappa shape index (κ2) is 7.33. The lowest BCUT2D eigenvalue weighted by molar-refractivity contribution is -0.122. The lowest BCUT2D eigenvalue weighted by atomic mass is 10.4. The highest BCUT2D eigenvalue weighted by atomic mass is 35.5. The average Bonchev–Trinajstić information content (AvgIpc) is 3.17. The Morgan fingerprint density at radius 2 is 1.96 bits per heavy atom. The molecule has 130 valence electrons. The number of carbonyl (C=O) groups excluding carboxylic acids is 1. The van der Waals surface area contributed by atoms with Gasteiger partial charge >= 0.3 is 0 Å². The van der Waals surface area contributed by atoms with Gasteiger partial charge in [0.15, 0.2) is 5.17 Å². The Labute approximate surface area is 159 Å². The van der Waals surface area contributed by atoms with Crippen LogP contribution in [0.1, 0.15) is 11.8 Å². The smallest absolute Gasteiger partial charge is 0.284 e. The molecule has 1 aliphatic rings. The fourth-order valence-corrected chi connectivity index (χ4v) is 5.21. The van der Waals surface area contributed by atoms with E-state index in [1.807, 2.05) is 17.5 Å². The van der Waals surface area contributed by atoms with Crippen LogP contribution in [0.25, 0.3) is 6.08 Å². The summed E-state index contributed by atoms with van der Waals surface area (Å²) in [4.78, 5) is 15.3. The van der Waals surface area contributed by atoms with Crippen molar-refractivity contribution in [3.63, 3.8) is 0 Å². The van der Waals surface area contributed by atoms with E-state index in [-0.39, 0.29) is 16.0 Å². The van der Waals surface area contributed by atoms with Crippen LogP contribution in [0.3, 0.4) is 0 Å². The molecule has 1 aromatic heterocycles. The van der Waals surface area contributed by atoms with Gasteiger partial charge in [0.1, 0.15) is 0 Å². The van der Waals surface area contributed by atoms with E-state index >= 15 is 0 Å². The molecule has 2 heterocycles. The zero-order chi connectivity index (χ0) is 18.0. The number of benzene rings is 1. The molecule has 25 heavy (non-hydrogen) atoms. The fourth-order valence-electron chi connectivity index (χ4n) is 2.12. The molecule has 0 atom stereocenters.